The van der Waals surface area contributed by atoms with Gasteiger partial charge in [0.25, 0.3) is 15.5 Å². The van der Waals surface area contributed by atoms with Crippen molar-refractivity contribution >= 4 is 25.6 Å². The molecule has 0 atom stereocenters. The number of nitrogens with two attached hydrogens (primary N) is 1. The first kappa shape index (κ1) is 11.9. The van der Waals surface area contributed by atoms with Crippen LogP contribution in [-0.4, -0.2) is 13.4 Å². The Morgan fingerprint density at radius 3 is 2.40 bits per heavy atom. The van der Waals surface area contributed by atoms with Gasteiger partial charge in [0.15, 0.2) is 0 Å². The maximum Gasteiger partial charge on any atom is 0.271 e. The van der Waals surface area contributed by atoms with Gasteiger partial charge in [-0.1, -0.05) is 0 Å². The van der Waals surface area contributed by atoms with Crippen LogP contribution in [0.1, 0.15) is 12.0 Å². The van der Waals surface area contributed by atoms with Crippen molar-refractivity contribution in [3.8, 4) is 0 Å². The van der Waals surface area contributed by atoms with Gasteiger partial charge >= 0.3 is 0 Å². The molecule has 1 rings (SSSR count). The lowest BCUT2D eigenvalue weighted by atomic mass is 10.2. The highest BCUT2D eigenvalue weighted by molar-refractivity contribution is 8.13. The van der Waals surface area contributed by atoms with Crippen LogP contribution in [0.5, 0.6) is 0 Å². The van der Waals surface area contributed by atoms with Gasteiger partial charge in [0, 0.05) is 16.9 Å². The molecule has 0 aliphatic rings. The van der Waals surface area contributed by atoms with Crippen LogP contribution in [0.2, 0.25) is 0 Å². The van der Waals surface area contributed by atoms with Gasteiger partial charge in [-0.05, 0) is 0 Å². The molecule has 3 N–H and O–H groups in total. The van der Waals surface area contributed by atoms with E-state index < -0.39 is 37.2 Å². The molecule has 0 fully saturated rings. The van der Waals surface area contributed by atoms with Crippen LogP contribution in [0.15, 0.2) is 15.9 Å². The fourth-order valence-corrected chi connectivity index (χ4v) is 1.81. The number of nitrogen functional groups attached to an aromatic ring is 1. The number of H-pyrrole nitrogens is 1. The van der Waals surface area contributed by atoms with Gasteiger partial charge in [-0.15, -0.1) is 0 Å². The fourth-order valence-electron chi connectivity index (χ4n) is 0.939. The third kappa shape index (κ3) is 2.26. The predicted octanol–water partition coefficient (Wildman–Crippen LogP) is 0.822. The Morgan fingerprint density at radius 2 is 2.00 bits per heavy atom. The van der Waals surface area contributed by atoms with E-state index in [1.165, 1.54) is 0 Å². The molecule has 0 aliphatic heterocycles. The molecule has 1 heterocycles. The van der Waals surface area contributed by atoms with Crippen LogP contribution in [0.3, 0.4) is 0 Å². The highest BCUT2D eigenvalue weighted by Crippen LogP contribution is 2.21. The third-order valence-electron chi connectivity index (χ3n) is 1.60. The van der Waals surface area contributed by atoms with Crippen molar-refractivity contribution in [3.63, 3.8) is 0 Å². The van der Waals surface area contributed by atoms with Crippen molar-refractivity contribution in [2.24, 2.45) is 0 Å². The van der Waals surface area contributed by atoms with E-state index in [4.69, 9.17) is 16.4 Å². The van der Waals surface area contributed by atoms with Crippen molar-refractivity contribution in [3.05, 3.63) is 22.0 Å². The number of pyridine rings is 1. The van der Waals surface area contributed by atoms with E-state index in [0.717, 1.165) is 0 Å². The number of halogens is 3. The van der Waals surface area contributed by atoms with Crippen LogP contribution in [0.4, 0.5) is 14.6 Å². The second-order valence-corrected chi connectivity index (χ2v) is 5.08. The third-order valence-corrected chi connectivity index (χ3v) is 2.93. The lowest BCUT2D eigenvalue weighted by molar-refractivity contribution is 0.150. The maximum absolute atomic E-state index is 12.3. The Hall–Kier alpha value is -1.15. The molecular weight excluding hydrogens is 254 g/mol. The van der Waals surface area contributed by atoms with Gasteiger partial charge in [0.1, 0.15) is 16.3 Å². The predicted molar refractivity (Wildman–Crippen MR) is 49.5 cm³/mol. The number of aromatic nitrogens is 1. The first-order valence-corrected chi connectivity index (χ1v) is 5.80. The van der Waals surface area contributed by atoms with Crippen molar-refractivity contribution in [2.75, 3.05) is 5.73 Å². The molecule has 0 radical (unpaired) electrons. The Balaban J connectivity index is 3.65. The molecule has 9 heteroatoms. The summed E-state index contributed by atoms with van der Waals surface area (Å²) >= 11 is 0. The van der Waals surface area contributed by atoms with Crippen molar-refractivity contribution in [2.45, 2.75) is 11.3 Å². The maximum atomic E-state index is 12.3. The summed E-state index contributed by atoms with van der Waals surface area (Å²) in [7, 11) is 0.493. The Bertz CT molecular complexity index is 540. The number of anilines is 1. The number of alkyl halides is 2. The number of hydrogen-bond donors (Lipinski definition) is 2. The van der Waals surface area contributed by atoms with Crippen LogP contribution < -0.4 is 11.2 Å². The van der Waals surface area contributed by atoms with Crippen molar-refractivity contribution in [1.82, 2.24) is 4.98 Å². The van der Waals surface area contributed by atoms with Gasteiger partial charge in [0.2, 0.25) is 5.43 Å². The molecule has 0 amide bonds. The van der Waals surface area contributed by atoms with E-state index in [9.17, 15) is 22.0 Å². The highest BCUT2D eigenvalue weighted by Gasteiger charge is 2.24. The summed E-state index contributed by atoms with van der Waals surface area (Å²) in [4.78, 5) is 12.3. The summed E-state index contributed by atoms with van der Waals surface area (Å²) in [5, 5.41) is 0. The quantitative estimate of drug-likeness (QED) is 0.768. The summed E-state index contributed by atoms with van der Waals surface area (Å²) in [5.41, 5.74) is 2.57. The zero-order chi connectivity index (χ0) is 11.8. The molecule has 0 bridgehead atoms. The molecular formula is C6H5ClF2N2O3S. The largest absolute Gasteiger partial charge is 0.385 e. The molecule has 1 aromatic heterocycles. The van der Waals surface area contributed by atoms with E-state index in [2.05, 4.69) is 0 Å². The normalized spacial score (nSPS) is 12.0. The van der Waals surface area contributed by atoms with Gasteiger partial charge in [0.05, 0.1) is 0 Å². The lowest BCUT2D eigenvalue weighted by Gasteiger charge is -2.04. The molecule has 1 aromatic rings. The van der Waals surface area contributed by atoms with Crippen LogP contribution >= 0.6 is 10.7 Å². The smallest absolute Gasteiger partial charge is 0.271 e. The standard InChI is InChI=1S/C6H5ClF2N2O3S/c7-15(13,14)2-1-11-6(10)3(4(2)12)5(8)9/h1,5H,(H3,10,11,12). The van der Waals surface area contributed by atoms with Crippen LogP contribution in [0, 0.1) is 0 Å². The average molecular weight is 259 g/mol. The van der Waals surface area contributed by atoms with Crippen LogP contribution in [0.25, 0.3) is 0 Å². The topological polar surface area (TPSA) is 93.0 Å². The molecule has 0 aliphatic carbocycles. The number of nitrogens with one attached hydrogen (secondary N) is 1. The number of rotatable bonds is 2. The Kier molecular flexibility index (Phi) is 3.00. The molecule has 0 spiro atoms. The Morgan fingerprint density at radius 1 is 1.47 bits per heavy atom. The molecule has 84 valence electrons. The second-order valence-electron chi connectivity index (χ2n) is 2.55. The SMILES string of the molecule is Nc1[nH]cc(S(=O)(=O)Cl)c(=O)c1C(F)F. The zero-order valence-corrected chi connectivity index (χ0v) is 8.57. The van der Waals surface area contributed by atoms with Gasteiger partial charge in [-0.3, -0.25) is 4.79 Å². The molecule has 15 heavy (non-hydrogen) atoms. The summed E-state index contributed by atoms with van der Waals surface area (Å²) in [6.07, 6.45) is -2.50. The average Bonchev–Trinajstić information content (AvgIpc) is 2.00. The number of aromatic amines is 1. The van der Waals surface area contributed by atoms with E-state index >= 15 is 0 Å². The summed E-state index contributed by atoms with van der Waals surface area (Å²) in [6, 6.07) is 0. The Labute approximate surface area is 87.3 Å². The minimum atomic E-state index is -4.37. The van der Waals surface area contributed by atoms with E-state index in [0.29, 0.717) is 6.20 Å². The summed E-state index contributed by atoms with van der Waals surface area (Å²) < 4.78 is 46.2. The van der Waals surface area contributed by atoms with Gasteiger partial charge in [-0.2, -0.15) is 0 Å². The first-order valence-electron chi connectivity index (χ1n) is 3.49. The first-order chi connectivity index (χ1) is 6.75. The van der Waals surface area contributed by atoms with Gasteiger partial charge < -0.3 is 10.7 Å². The summed E-state index contributed by atoms with van der Waals surface area (Å²) in [6.45, 7) is 0. The molecule has 0 saturated carbocycles. The monoisotopic (exact) mass is 258 g/mol. The second kappa shape index (κ2) is 3.78. The molecule has 0 saturated heterocycles. The fraction of sp³-hybridized carbons (Fsp3) is 0.167. The summed E-state index contributed by atoms with van der Waals surface area (Å²) in [5.74, 6) is -0.584. The van der Waals surface area contributed by atoms with Crippen molar-refractivity contribution in [1.29, 1.82) is 0 Å². The molecule has 5 nitrogen and oxygen atoms in total. The highest BCUT2D eigenvalue weighted by atomic mass is 35.7. The van der Waals surface area contributed by atoms with Gasteiger partial charge in [-0.25, -0.2) is 17.2 Å². The lowest BCUT2D eigenvalue weighted by Crippen LogP contribution is -2.19. The zero-order valence-electron chi connectivity index (χ0n) is 7.00. The van der Waals surface area contributed by atoms with E-state index in [-0.39, 0.29) is 0 Å². The molecule has 0 aromatic carbocycles. The number of hydrogen-bond acceptors (Lipinski definition) is 4. The van der Waals surface area contributed by atoms with Crippen molar-refractivity contribution < 1.29 is 17.2 Å². The van der Waals surface area contributed by atoms with E-state index in [1.807, 2.05) is 4.98 Å². The van der Waals surface area contributed by atoms with Crippen LogP contribution in [-0.2, 0) is 9.05 Å². The molecule has 0 unspecified atom stereocenters. The minimum Gasteiger partial charge on any atom is -0.385 e. The minimum absolute atomic E-state index is 0.584. The van der Waals surface area contributed by atoms with E-state index in [1.54, 1.807) is 0 Å².